The molecule has 0 N–H and O–H groups in total. The van der Waals surface area contributed by atoms with Gasteiger partial charge in [0.1, 0.15) is 11.1 Å². The molecule has 27 heavy (non-hydrogen) atoms. The fourth-order valence-corrected chi connectivity index (χ4v) is 4.15. The van der Waals surface area contributed by atoms with E-state index >= 15 is 0 Å². The Bertz CT molecular complexity index is 847. The van der Waals surface area contributed by atoms with Crippen LogP contribution in [0.4, 0.5) is 17.6 Å². The highest BCUT2D eigenvalue weighted by Crippen LogP contribution is 2.50. The summed E-state index contributed by atoms with van der Waals surface area (Å²) >= 11 is 11.9. The molecular weight excluding hydrogens is 403 g/mol. The summed E-state index contributed by atoms with van der Waals surface area (Å²) in [7, 11) is 0. The molecule has 1 aromatic carbocycles. The summed E-state index contributed by atoms with van der Waals surface area (Å²) < 4.78 is 56.7. The van der Waals surface area contributed by atoms with E-state index in [9.17, 15) is 17.6 Å². The molecule has 8 heteroatoms. The van der Waals surface area contributed by atoms with Crippen LogP contribution in [0.15, 0.2) is 41.6 Å². The number of hydrogen-bond acceptors (Lipinski definition) is 2. The van der Waals surface area contributed by atoms with Crippen molar-refractivity contribution in [1.29, 1.82) is 5.26 Å². The SMILES string of the molecule is CC1(F)CC=C(N2CCC(c3cc(Cl)cc(Cl)c3)(C(F)(F)F)C2)C=C1C#N. The van der Waals surface area contributed by atoms with E-state index in [0.29, 0.717) is 5.70 Å². The van der Waals surface area contributed by atoms with Crippen LogP contribution in [0.1, 0.15) is 25.3 Å². The van der Waals surface area contributed by atoms with Gasteiger partial charge in [-0.3, -0.25) is 0 Å². The zero-order valence-electron chi connectivity index (χ0n) is 14.4. The van der Waals surface area contributed by atoms with Gasteiger partial charge in [-0.25, -0.2) is 4.39 Å². The maximum Gasteiger partial charge on any atom is 0.400 e. The standard InChI is InChI=1S/C19H16Cl2F4N2/c1-17(22)3-2-16(8-13(17)10-26)27-5-4-18(11-27,19(23,24)25)12-6-14(20)9-15(21)7-12/h2,6-9H,3-5,11H2,1H3. The Balaban J connectivity index is 1.99. The predicted molar refractivity (Wildman–Crippen MR) is 96.3 cm³/mol. The lowest BCUT2D eigenvalue weighted by molar-refractivity contribution is -0.186. The minimum atomic E-state index is -4.53. The Hall–Kier alpha value is -1.71. The summed E-state index contributed by atoms with van der Waals surface area (Å²) in [5.74, 6) is 0. The number of hydrogen-bond donors (Lipinski definition) is 0. The summed E-state index contributed by atoms with van der Waals surface area (Å²) in [6, 6.07) is 5.77. The lowest BCUT2D eigenvalue weighted by Crippen LogP contribution is -2.44. The van der Waals surface area contributed by atoms with Gasteiger partial charge in [0.2, 0.25) is 0 Å². The zero-order chi connectivity index (χ0) is 20.0. The maximum atomic E-state index is 14.3. The molecule has 3 rings (SSSR count). The topological polar surface area (TPSA) is 27.0 Å². The van der Waals surface area contributed by atoms with Gasteiger partial charge in [-0.1, -0.05) is 29.3 Å². The van der Waals surface area contributed by atoms with Crippen LogP contribution in [-0.4, -0.2) is 29.8 Å². The highest BCUT2D eigenvalue weighted by Gasteiger charge is 2.59. The van der Waals surface area contributed by atoms with E-state index in [0.717, 1.165) is 0 Å². The first-order valence-corrected chi connectivity index (χ1v) is 9.04. The first kappa shape index (κ1) is 20.0. The third-order valence-corrected chi connectivity index (χ3v) is 5.70. The number of halogens is 6. The Morgan fingerprint density at radius 3 is 2.37 bits per heavy atom. The second-order valence-corrected chi connectivity index (χ2v) is 7.98. The molecule has 1 heterocycles. The number of rotatable bonds is 2. The molecular formula is C19H16Cl2F4N2. The maximum absolute atomic E-state index is 14.3. The van der Waals surface area contributed by atoms with Crippen LogP contribution in [0.2, 0.25) is 10.0 Å². The average Bonchev–Trinajstić information content (AvgIpc) is 3.00. The number of likely N-dealkylation sites (tertiary alicyclic amines) is 1. The van der Waals surface area contributed by atoms with E-state index in [-0.39, 0.29) is 47.1 Å². The molecule has 1 saturated heterocycles. The summed E-state index contributed by atoms with van der Waals surface area (Å²) in [6.07, 6.45) is -1.89. The fraction of sp³-hybridized carbons (Fsp3) is 0.421. The van der Waals surface area contributed by atoms with E-state index in [1.807, 2.05) is 0 Å². The summed E-state index contributed by atoms with van der Waals surface area (Å²) in [5, 5.41) is 9.42. The van der Waals surface area contributed by atoms with Gasteiger partial charge in [-0.15, -0.1) is 0 Å². The molecule has 2 nitrogen and oxygen atoms in total. The Morgan fingerprint density at radius 2 is 1.81 bits per heavy atom. The third-order valence-electron chi connectivity index (χ3n) is 5.26. The molecule has 144 valence electrons. The van der Waals surface area contributed by atoms with Crippen molar-refractivity contribution in [3.63, 3.8) is 0 Å². The van der Waals surface area contributed by atoms with Crippen molar-refractivity contribution in [1.82, 2.24) is 4.90 Å². The quantitative estimate of drug-likeness (QED) is 0.553. The van der Waals surface area contributed by atoms with Gasteiger partial charge in [0.15, 0.2) is 0 Å². The molecule has 2 unspecified atom stereocenters. The molecule has 1 aromatic rings. The number of nitriles is 1. The van der Waals surface area contributed by atoms with Crippen LogP contribution < -0.4 is 0 Å². The van der Waals surface area contributed by atoms with Gasteiger partial charge in [-0.05, 0) is 43.2 Å². The van der Waals surface area contributed by atoms with Crippen molar-refractivity contribution in [2.24, 2.45) is 0 Å². The minimum absolute atomic E-state index is 0.00576. The molecule has 0 aromatic heterocycles. The molecule has 0 bridgehead atoms. The van der Waals surface area contributed by atoms with Gasteiger partial charge in [0, 0.05) is 35.3 Å². The van der Waals surface area contributed by atoms with Gasteiger partial charge in [0.25, 0.3) is 0 Å². The van der Waals surface area contributed by atoms with Crippen molar-refractivity contribution < 1.29 is 17.6 Å². The first-order chi connectivity index (χ1) is 12.5. The molecule has 1 aliphatic heterocycles. The largest absolute Gasteiger partial charge is 0.400 e. The summed E-state index contributed by atoms with van der Waals surface area (Å²) in [5.41, 5.74) is -3.60. The highest BCUT2D eigenvalue weighted by atomic mass is 35.5. The second kappa shape index (κ2) is 6.72. The van der Waals surface area contributed by atoms with Gasteiger partial charge in [-0.2, -0.15) is 18.4 Å². The molecule has 0 spiro atoms. The van der Waals surface area contributed by atoms with E-state index in [1.54, 1.807) is 6.07 Å². The monoisotopic (exact) mass is 418 g/mol. The smallest absolute Gasteiger partial charge is 0.370 e. The molecule has 0 radical (unpaired) electrons. The van der Waals surface area contributed by atoms with E-state index < -0.39 is 17.3 Å². The Kier molecular flexibility index (Phi) is 4.98. The lowest BCUT2D eigenvalue weighted by atomic mass is 9.79. The van der Waals surface area contributed by atoms with Crippen LogP contribution in [-0.2, 0) is 5.41 Å². The molecule has 0 saturated carbocycles. The number of allylic oxidation sites excluding steroid dienone is 3. The van der Waals surface area contributed by atoms with E-state index in [1.165, 1.54) is 42.2 Å². The van der Waals surface area contributed by atoms with Crippen molar-refractivity contribution in [2.75, 3.05) is 13.1 Å². The van der Waals surface area contributed by atoms with E-state index in [4.69, 9.17) is 28.5 Å². The molecule has 0 amide bonds. The van der Waals surface area contributed by atoms with Gasteiger partial charge < -0.3 is 4.90 Å². The van der Waals surface area contributed by atoms with Gasteiger partial charge in [0.05, 0.1) is 11.6 Å². The molecule has 1 fully saturated rings. The summed E-state index contributed by atoms with van der Waals surface area (Å²) in [4.78, 5) is 1.54. The predicted octanol–water partition coefficient (Wildman–Crippen LogP) is 5.96. The van der Waals surface area contributed by atoms with Gasteiger partial charge >= 0.3 is 6.18 Å². The minimum Gasteiger partial charge on any atom is -0.370 e. The van der Waals surface area contributed by atoms with Crippen LogP contribution >= 0.6 is 23.2 Å². The Labute approximate surface area is 164 Å². The Morgan fingerprint density at radius 1 is 1.19 bits per heavy atom. The summed E-state index contributed by atoms with van der Waals surface area (Å²) in [6.45, 7) is 1.05. The van der Waals surface area contributed by atoms with Crippen molar-refractivity contribution in [3.05, 3.63) is 57.2 Å². The highest BCUT2D eigenvalue weighted by molar-refractivity contribution is 6.34. The normalized spacial score (nSPS) is 28.6. The van der Waals surface area contributed by atoms with Crippen molar-refractivity contribution >= 4 is 23.2 Å². The number of benzene rings is 1. The van der Waals surface area contributed by atoms with Crippen LogP contribution in [0, 0.1) is 11.3 Å². The molecule has 2 aliphatic rings. The second-order valence-electron chi connectivity index (χ2n) is 7.11. The van der Waals surface area contributed by atoms with Crippen LogP contribution in [0.3, 0.4) is 0 Å². The lowest BCUT2D eigenvalue weighted by Gasteiger charge is -2.34. The molecule has 1 aliphatic carbocycles. The van der Waals surface area contributed by atoms with Crippen molar-refractivity contribution in [2.45, 2.75) is 37.0 Å². The van der Waals surface area contributed by atoms with Crippen LogP contribution in [0.25, 0.3) is 0 Å². The number of alkyl halides is 4. The third kappa shape index (κ3) is 3.55. The van der Waals surface area contributed by atoms with Crippen molar-refractivity contribution in [3.8, 4) is 6.07 Å². The van der Waals surface area contributed by atoms with Crippen LogP contribution in [0.5, 0.6) is 0 Å². The number of nitrogens with zero attached hydrogens (tertiary/aromatic N) is 2. The molecule has 2 atom stereocenters. The average molecular weight is 419 g/mol. The van der Waals surface area contributed by atoms with E-state index in [2.05, 4.69) is 0 Å². The first-order valence-electron chi connectivity index (χ1n) is 8.28. The zero-order valence-corrected chi connectivity index (χ0v) is 15.9. The fourth-order valence-electron chi connectivity index (χ4n) is 3.62.